The molecule has 1 saturated carbocycles. The van der Waals surface area contributed by atoms with Gasteiger partial charge in [0.2, 0.25) is 5.91 Å². The Kier molecular flexibility index (Phi) is 5.97. The normalized spacial score (nSPS) is 18.6. The lowest BCUT2D eigenvalue weighted by Gasteiger charge is -2.23. The summed E-state index contributed by atoms with van der Waals surface area (Å²) in [6, 6.07) is -0.784. The summed E-state index contributed by atoms with van der Waals surface area (Å²) in [6.45, 7) is 0.447. The Morgan fingerprint density at radius 3 is 2.47 bits per heavy atom. The van der Waals surface area contributed by atoms with Crippen molar-refractivity contribution in [2.24, 2.45) is 11.7 Å². The van der Waals surface area contributed by atoms with Gasteiger partial charge in [-0.15, -0.1) is 0 Å². The fourth-order valence-corrected chi connectivity index (χ4v) is 2.23. The van der Waals surface area contributed by atoms with Gasteiger partial charge in [0.25, 0.3) is 0 Å². The molecule has 1 atom stereocenters. The lowest BCUT2D eigenvalue weighted by Crippen LogP contribution is -2.44. The Morgan fingerprint density at radius 1 is 1.29 bits per heavy atom. The number of hydrogen-bond acceptors (Lipinski definition) is 3. The molecule has 17 heavy (non-hydrogen) atoms. The van der Waals surface area contributed by atoms with Crippen LogP contribution in [0, 0.1) is 5.92 Å². The van der Waals surface area contributed by atoms with Crippen molar-refractivity contribution < 1.29 is 14.7 Å². The maximum Gasteiger partial charge on any atom is 0.326 e. The molecule has 0 saturated heterocycles. The molecule has 1 aliphatic carbocycles. The average molecular weight is 242 g/mol. The van der Waals surface area contributed by atoms with Crippen molar-refractivity contribution >= 4 is 11.9 Å². The molecule has 0 aromatic heterocycles. The lowest BCUT2D eigenvalue weighted by molar-refractivity contribution is -0.142. The zero-order valence-electron chi connectivity index (χ0n) is 10.2. The first-order valence-electron chi connectivity index (χ1n) is 6.38. The SMILES string of the molecule is NCCCC(NC(=O)C1CCCCC1)C(=O)O. The molecule has 0 spiro atoms. The second-order valence-corrected chi connectivity index (χ2v) is 4.67. The number of rotatable bonds is 6. The molecule has 1 unspecified atom stereocenters. The zero-order valence-corrected chi connectivity index (χ0v) is 10.2. The van der Waals surface area contributed by atoms with Gasteiger partial charge in [-0.3, -0.25) is 4.79 Å². The summed E-state index contributed by atoms with van der Waals surface area (Å²) in [5.41, 5.74) is 5.34. The van der Waals surface area contributed by atoms with E-state index in [0.717, 1.165) is 25.7 Å². The van der Waals surface area contributed by atoms with Crippen LogP contribution >= 0.6 is 0 Å². The molecular formula is C12H22N2O3. The molecule has 4 N–H and O–H groups in total. The first-order valence-corrected chi connectivity index (χ1v) is 6.38. The Hall–Kier alpha value is -1.10. The van der Waals surface area contributed by atoms with E-state index in [1.165, 1.54) is 6.42 Å². The highest BCUT2D eigenvalue weighted by molar-refractivity contribution is 5.84. The number of carbonyl (C=O) groups excluding carboxylic acids is 1. The second kappa shape index (κ2) is 7.27. The highest BCUT2D eigenvalue weighted by Crippen LogP contribution is 2.23. The van der Waals surface area contributed by atoms with Crippen molar-refractivity contribution in [3.63, 3.8) is 0 Å². The fourth-order valence-electron chi connectivity index (χ4n) is 2.23. The van der Waals surface area contributed by atoms with E-state index in [0.29, 0.717) is 19.4 Å². The van der Waals surface area contributed by atoms with E-state index in [1.807, 2.05) is 0 Å². The van der Waals surface area contributed by atoms with Gasteiger partial charge in [0.15, 0.2) is 0 Å². The standard InChI is InChI=1S/C12H22N2O3/c13-8-4-7-10(12(16)17)14-11(15)9-5-2-1-3-6-9/h9-10H,1-8,13H2,(H,14,15)(H,16,17). The number of hydrogen-bond donors (Lipinski definition) is 3. The molecule has 0 heterocycles. The molecule has 1 rings (SSSR count). The van der Waals surface area contributed by atoms with Crippen LogP contribution in [0.25, 0.3) is 0 Å². The predicted octanol–water partition coefficient (Wildman–Crippen LogP) is 0.875. The largest absolute Gasteiger partial charge is 0.480 e. The first kappa shape index (κ1) is 14.0. The lowest BCUT2D eigenvalue weighted by atomic mass is 9.88. The summed E-state index contributed by atoms with van der Waals surface area (Å²) in [4.78, 5) is 22.8. The number of carboxylic acid groups (broad SMARTS) is 1. The van der Waals surface area contributed by atoms with E-state index in [1.54, 1.807) is 0 Å². The van der Waals surface area contributed by atoms with E-state index in [4.69, 9.17) is 10.8 Å². The van der Waals surface area contributed by atoms with Crippen molar-refractivity contribution in [1.82, 2.24) is 5.32 Å². The Balaban J connectivity index is 2.42. The molecule has 0 aliphatic heterocycles. The van der Waals surface area contributed by atoms with Crippen molar-refractivity contribution in [2.75, 3.05) is 6.54 Å². The quantitative estimate of drug-likeness (QED) is 0.644. The van der Waals surface area contributed by atoms with Gasteiger partial charge in [-0.2, -0.15) is 0 Å². The van der Waals surface area contributed by atoms with Gasteiger partial charge in [-0.25, -0.2) is 4.79 Å². The zero-order chi connectivity index (χ0) is 12.7. The number of amides is 1. The molecule has 0 radical (unpaired) electrons. The molecule has 0 bridgehead atoms. The maximum atomic E-state index is 11.9. The van der Waals surface area contributed by atoms with Crippen LogP contribution in [0.15, 0.2) is 0 Å². The molecule has 1 fully saturated rings. The van der Waals surface area contributed by atoms with Crippen molar-refractivity contribution in [3.8, 4) is 0 Å². The maximum absolute atomic E-state index is 11.9. The van der Waals surface area contributed by atoms with Gasteiger partial charge < -0.3 is 16.2 Å². The van der Waals surface area contributed by atoms with Crippen LogP contribution in [0.5, 0.6) is 0 Å². The van der Waals surface area contributed by atoms with Crippen LogP contribution in [-0.2, 0) is 9.59 Å². The Morgan fingerprint density at radius 2 is 1.94 bits per heavy atom. The van der Waals surface area contributed by atoms with Gasteiger partial charge in [0.1, 0.15) is 6.04 Å². The third kappa shape index (κ3) is 4.73. The molecule has 1 aliphatic rings. The van der Waals surface area contributed by atoms with Gasteiger partial charge in [-0.1, -0.05) is 19.3 Å². The van der Waals surface area contributed by atoms with E-state index < -0.39 is 12.0 Å². The van der Waals surface area contributed by atoms with Gasteiger partial charge in [0.05, 0.1) is 0 Å². The first-order chi connectivity index (χ1) is 8.15. The summed E-state index contributed by atoms with van der Waals surface area (Å²) in [7, 11) is 0. The number of nitrogens with two attached hydrogens (primary N) is 1. The Labute approximate surface area is 102 Å². The van der Waals surface area contributed by atoms with Crippen LogP contribution in [0.1, 0.15) is 44.9 Å². The monoisotopic (exact) mass is 242 g/mol. The smallest absolute Gasteiger partial charge is 0.326 e. The van der Waals surface area contributed by atoms with E-state index in [2.05, 4.69) is 5.32 Å². The summed E-state index contributed by atoms with van der Waals surface area (Å²) in [6.07, 6.45) is 6.10. The van der Waals surface area contributed by atoms with Gasteiger partial charge in [-0.05, 0) is 32.2 Å². The van der Waals surface area contributed by atoms with Gasteiger partial charge in [0, 0.05) is 5.92 Å². The van der Waals surface area contributed by atoms with Crippen LogP contribution in [-0.4, -0.2) is 29.6 Å². The molecular weight excluding hydrogens is 220 g/mol. The summed E-state index contributed by atoms with van der Waals surface area (Å²) >= 11 is 0. The van der Waals surface area contributed by atoms with E-state index in [-0.39, 0.29) is 11.8 Å². The molecule has 5 nitrogen and oxygen atoms in total. The predicted molar refractivity (Wildman–Crippen MR) is 64.4 cm³/mol. The molecule has 5 heteroatoms. The highest BCUT2D eigenvalue weighted by Gasteiger charge is 2.25. The van der Waals surface area contributed by atoms with Crippen LogP contribution in [0.2, 0.25) is 0 Å². The topological polar surface area (TPSA) is 92.4 Å². The minimum absolute atomic E-state index is 0.00322. The van der Waals surface area contributed by atoms with E-state index >= 15 is 0 Å². The number of carbonyl (C=O) groups is 2. The van der Waals surface area contributed by atoms with Crippen molar-refractivity contribution in [1.29, 1.82) is 0 Å². The number of nitrogens with one attached hydrogen (secondary N) is 1. The van der Waals surface area contributed by atoms with E-state index in [9.17, 15) is 9.59 Å². The summed E-state index contributed by atoms with van der Waals surface area (Å²) in [5, 5.41) is 11.6. The van der Waals surface area contributed by atoms with Crippen LogP contribution in [0.4, 0.5) is 0 Å². The molecule has 0 aromatic rings. The Bertz CT molecular complexity index is 262. The highest BCUT2D eigenvalue weighted by atomic mass is 16.4. The fraction of sp³-hybridized carbons (Fsp3) is 0.833. The van der Waals surface area contributed by atoms with Crippen molar-refractivity contribution in [3.05, 3.63) is 0 Å². The average Bonchev–Trinajstić information content (AvgIpc) is 2.35. The molecule has 98 valence electrons. The van der Waals surface area contributed by atoms with Crippen molar-refractivity contribution in [2.45, 2.75) is 51.0 Å². The number of carboxylic acids is 1. The van der Waals surface area contributed by atoms with Gasteiger partial charge >= 0.3 is 5.97 Å². The van der Waals surface area contributed by atoms with Crippen LogP contribution < -0.4 is 11.1 Å². The number of aliphatic carboxylic acids is 1. The second-order valence-electron chi connectivity index (χ2n) is 4.67. The minimum atomic E-state index is -0.970. The molecule has 1 amide bonds. The third-order valence-corrected chi connectivity index (χ3v) is 3.29. The summed E-state index contributed by atoms with van der Waals surface area (Å²) < 4.78 is 0. The minimum Gasteiger partial charge on any atom is -0.480 e. The third-order valence-electron chi connectivity index (χ3n) is 3.29. The summed E-state index contributed by atoms with van der Waals surface area (Å²) in [5.74, 6) is -1.07. The molecule has 0 aromatic carbocycles. The van der Waals surface area contributed by atoms with Crippen LogP contribution in [0.3, 0.4) is 0 Å².